The van der Waals surface area contributed by atoms with Gasteiger partial charge in [0.25, 0.3) is 0 Å². The van der Waals surface area contributed by atoms with Gasteiger partial charge in [0.15, 0.2) is 0 Å². The van der Waals surface area contributed by atoms with Crippen LogP contribution in [0.25, 0.3) is 0 Å². The zero-order valence-electron chi connectivity index (χ0n) is 13.6. The van der Waals surface area contributed by atoms with E-state index >= 15 is 0 Å². The molecule has 21 heavy (non-hydrogen) atoms. The highest BCUT2D eigenvalue weighted by atomic mass is 32.1. The van der Waals surface area contributed by atoms with Crippen molar-refractivity contribution in [3.63, 3.8) is 0 Å². The molecule has 5 nitrogen and oxygen atoms in total. The van der Waals surface area contributed by atoms with Gasteiger partial charge in [0, 0.05) is 30.2 Å². The summed E-state index contributed by atoms with van der Waals surface area (Å²) in [5.41, 5.74) is 1.36. The van der Waals surface area contributed by atoms with Crippen molar-refractivity contribution in [1.29, 1.82) is 0 Å². The van der Waals surface area contributed by atoms with Gasteiger partial charge in [-0.15, -0.1) is 11.3 Å². The number of aromatic nitrogens is 1. The first kappa shape index (κ1) is 17.9. The van der Waals surface area contributed by atoms with Gasteiger partial charge in [-0.2, -0.15) is 0 Å². The van der Waals surface area contributed by atoms with E-state index in [2.05, 4.69) is 29.5 Å². The van der Waals surface area contributed by atoms with E-state index in [1.54, 1.807) is 11.3 Å². The molecular formula is C15H27N3O2S. The fourth-order valence-electron chi connectivity index (χ4n) is 1.90. The molecule has 0 aromatic carbocycles. The number of carbonyl (C=O) groups excluding carboxylic acids is 1. The van der Waals surface area contributed by atoms with E-state index in [-0.39, 0.29) is 12.1 Å². The zero-order valence-corrected chi connectivity index (χ0v) is 14.4. The Labute approximate surface area is 131 Å². The molecule has 0 fully saturated rings. The molecule has 0 aliphatic heterocycles. The monoisotopic (exact) mass is 313 g/mol. The Morgan fingerprint density at radius 1 is 1.43 bits per heavy atom. The van der Waals surface area contributed by atoms with Crippen LogP contribution in [0.1, 0.15) is 45.9 Å². The van der Waals surface area contributed by atoms with Gasteiger partial charge in [0.2, 0.25) is 0 Å². The molecule has 0 radical (unpaired) electrons. The van der Waals surface area contributed by atoms with E-state index in [0.29, 0.717) is 12.5 Å². The summed E-state index contributed by atoms with van der Waals surface area (Å²) >= 11 is 1.63. The molecule has 1 amide bonds. The predicted molar refractivity (Wildman–Crippen MR) is 86.4 cm³/mol. The summed E-state index contributed by atoms with van der Waals surface area (Å²) in [6, 6.07) is 0.222. The summed E-state index contributed by atoms with van der Waals surface area (Å²) in [4.78, 5) is 17.0. The molecule has 1 aromatic rings. The molecule has 0 aliphatic carbocycles. The van der Waals surface area contributed by atoms with Crippen molar-refractivity contribution in [2.75, 3.05) is 6.54 Å². The van der Waals surface area contributed by atoms with Gasteiger partial charge in [0.1, 0.15) is 5.60 Å². The van der Waals surface area contributed by atoms with Crippen molar-refractivity contribution < 1.29 is 9.53 Å². The summed E-state index contributed by atoms with van der Waals surface area (Å²) in [5.74, 6) is 0.560. The quantitative estimate of drug-likeness (QED) is 0.811. The Bertz CT molecular complexity index is 413. The first-order valence-corrected chi connectivity index (χ1v) is 8.22. The Morgan fingerprint density at radius 3 is 2.67 bits per heavy atom. The number of nitrogens with one attached hydrogen (secondary N) is 2. The third-order valence-corrected chi connectivity index (χ3v) is 3.48. The number of hydrogen-bond donors (Lipinski definition) is 2. The molecule has 0 bridgehead atoms. The molecule has 120 valence electrons. The van der Waals surface area contributed by atoms with Crippen LogP contribution >= 0.6 is 11.3 Å². The Kier molecular flexibility index (Phi) is 7.11. The number of carbonyl (C=O) groups is 1. The van der Waals surface area contributed by atoms with Gasteiger partial charge >= 0.3 is 6.09 Å². The maximum Gasteiger partial charge on any atom is 0.407 e. The second-order valence-corrected chi connectivity index (χ2v) is 7.53. The van der Waals surface area contributed by atoms with Crippen molar-refractivity contribution in [1.82, 2.24) is 15.6 Å². The van der Waals surface area contributed by atoms with Gasteiger partial charge in [0.05, 0.1) is 5.51 Å². The van der Waals surface area contributed by atoms with Crippen LogP contribution in [0.5, 0.6) is 0 Å². The standard InChI is InChI=1S/C15H27N3O2S/c1-11(2)6-12(17-9-13-8-16-10-21-13)7-18-14(19)20-15(3,4)5/h8,10-12,17H,6-7,9H2,1-5H3,(H,18,19). The average Bonchev–Trinajstić information content (AvgIpc) is 2.83. The molecule has 1 rings (SSSR count). The van der Waals surface area contributed by atoms with Crippen LogP contribution in [0.2, 0.25) is 0 Å². The van der Waals surface area contributed by atoms with Crippen molar-refractivity contribution >= 4 is 17.4 Å². The van der Waals surface area contributed by atoms with Gasteiger partial charge in [-0.1, -0.05) is 13.8 Å². The summed E-state index contributed by atoms with van der Waals surface area (Å²) < 4.78 is 5.26. The summed E-state index contributed by atoms with van der Waals surface area (Å²) in [6.07, 6.45) is 2.50. The number of hydrogen-bond acceptors (Lipinski definition) is 5. The third kappa shape index (κ3) is 8.67. The highest BCUT2D eigenvalue weighted by Crippen LogP contribution is 2.09. The highest BCUT2D eigenvalue weighted by molar-refractivity contribution is 7.09. The molecule has 1 atom stereocenters. The molecule has 0 saturated heterocycles. The van der Waals surface area contributed by atoms with E-state index in [9.17, 15) is 4.79 Å². The molecule has 0 spiro atoms. The first-order chi connectivity index (χ1) is 9.76. The fraction of sp³-hybridized carbons (Fsp3) is 0.733. The lowest BCUT2D eigenvalue weighted by molar-refractivity contribution is 0.0521. The molecule has 0 aliphatic rings. The third-order valence-electron chi connectivity index (χ3n) is 2.70. The number of nitrogens with zero attached hydrogens (tertiary/aromatic N) is 1. The maximum absolute atomic E-state index is 11.7. The normalized spacial score (nSPS) is 13.2. The molecule has 6 heteroatoms. The number of amides is 1. The van der Waals surface area contributed by atoms with E-state index < -0.39 is 5.60 Å². The minimum atomic E-state index is -0.465. The van der Waals surface area contributed by atoms with Crippen LogP contribution in [0, 0.1) is 5.92 Å². The van der Waals surface area contributed by atoms with Crippen molar-refractivity contribution in [3.05, 3.63) is 16.6 Å². The fourth-order valence-corrected chi connectivity index (χ4v) is 2.45. The lowest BCUT2D eigenvalue weighted by Gasteiger charge is -2.23. The van der Waals surface area contributed by atoms with Crippen LogP contribution in [-0.2, 0) is 11.3 Å². The Morgan fingerprint density at radius 2 is 2.14 bits per heavy atom. The summed E-state index contributed by atoms with van der Waals surface area (Å²) in [5, 5.41) is 6.31. The SMILES string of the molecule is CC(C)CC(CNC(=O)OC(C)(C)C)NCc1cncs1. The average molecular weight is 313 g/mol. The van der Waals surface area contributed by atoms with Crippen molar-refractivity contribution in [2.45, 2.75) is 59.2 Å². The van der Waals surface area contributed by atoms with Crippen molar-refractivity contribution in [2.24, 2.45) is 5.92 Å². The van der Waals surface area contributed by atoms with Crippen LogP contribution in [0.15, 0.2) is 11.7 Å². The Hall–Kier alpha value is -1.14. The van der Waals surface area contributed by atoms with Crippen LogP contribution < -0.4 is 10.6 Å². The minimum absolute atomic E-state index is 0.222. The van der Waals surface area contributed by atoms with Gasteiger partial charge in [-0.05, 0) is 33.1 Å². The first-order valence-electron chi connectivity index (χ1n) is 7.34. The molecule has 1 unspecified atom stereocenters. The topological polar surface area (TPSA) is 63.2 Å². The van der Waals surface area contributed by atoms with Crippen LogP contribution in [0.4, 0.5) is 4.79 Å². The number of thiazole rings is 1. The second-order valence-electron chi connectivity index (χ2n) is 6.56. The van der Waals surface area contributed by atoms with Gasteiger partial charge < -0.3 is 15.4 Å². The van der Waals surface area contributed by atoms with E-state index in [0.717, 1.165) is 13.0 Å². The lowest BCUT2D eigenvalue weighted by atomic mass is 10.0. The largest absolute Gasteiger partial charge is 0.444 e. The number of ether oxygens (including phenoxy) is 1. The molecule has 1 heterocycles. The van der Waals surface area contributed by atoms with Gasteiger partial charge in [-0.3, -0.25) is 4.98 Å². The van der Waals surface area contributed by atoms with Crippen molar-refractivity contribution in [3.8, 4) is 0 Å². The smallest absolute Gasteiger partial charge is 0.407 e. The van der Waals surface area contributed by atoms with E-state index in [4.69, 9.17) is 4.74 Å². The van der Waals surface area contributed by atoms with Crippen LogP contribution in [0.3, 0.4) is 0 Å². The predicted octanol–water partition coefficient (Wildman–Crippen LogP) is 3.17. The van der Waals surface area contributed by atoms with E-state index in [1.165, 1.54) is 4.88 Å². The van der Waals surface area contributed by atoms with Gasteiger partial charge in [-0.25, -0.2) is 4.79 Å². The Balaban J connectivity index is 2.40. The molecule has 2 N–H and O–H groups in total. The molecule has 1 aromatic heterocycles. The lowest BCUT2D eigenvalue weighted by Crippen LogP contribution is -2.43. The molecular weight excluding hydrogens is 286 g/mol. The minimum Gasteiger partial charge on any atom is -0.444 e. The summed E-state index contributed by atoms with van der Waals surface area (Å²) in [6.45, 7) is 11.3. The molecule has 0 saturated carbocycles. The van der Waals surface area contributed by atoms with E-state index in [1.807, 2.05) is 32.5 Å². The number of rotatable bonds is 7. The van der Waals surface area contributed by atoms with Crippen LogP contribution in [-0.4, -0.2) is 29.3 Å². The zero-order chi connectivity index (χ0) is 15.9. The number of alkyl carbamates (subject to hydrolysis) is 1. The maximum atomic E-state index is 11.7. The highest BCUT2D eigenvalue weighted by Gasteiger charge is 2.18. The second kappa shape index (κ2) is 8.34. The summed E-state index contributed by atoms with van der Waals surface area (Å²) in [7, 11) is 0.